The number of sulfonamides is 1. The maximum atomic E-state index is 12.9. The number of amides is 1. The van der Waals surface area contributed by atoms with E-state index in [4.69, 9.17) is 16.3 Å². The fourth-order valence-corrected chi connectivity index (χ4v) is 4.84. The number of rotatable bonds is 5. The number of nitrogens with one attached hydrogen (secondary N) is 1. The zero-order chi connectivity index (χ0) is 22.9. The van der Waals surface area contributed by atoms with E-state index in [1.54, 1.807) is 36.5 Å². The molecule has 32 heavy (non-hydrogen) atoms. The maximum Gasteiger partial charge on any atom is 0.276 e. The summed E-state index contributed by atoms with van der Waals surface area (Å²) in [6, 6.07) is 16.0. The first-order valence-electron chi connectivity index (χ1n) is 9.44. The van der Waals surface area contributed by atoms with E-state index in [0.29, 0.717) is 11.4 Å². The van der Waals surface area contributed by atoms with Crippen molar-refractivity contribution in [2.75, 3.05) is 12.4 Å². The molecule has 2 N–H and O–H groups in total. The van der Waals surface area contributed by atoms with Crippen molar-refractivity contribution in [1.82, 2.24) is 9.29 Å². The number of hydrogen-bond donors (Lipinski definition) is 2. The summed E-state index contributed by atoms with van der Waals surface area (Å²) in [5.74, 6) is -0.846. The van der Waals surface area contributed by atoms with Crippen LogP contribution in [0.4, 0.5) is 5.69 Å². The molecular formula is C22H18ClN3O5S. The Kier molecular flexibility index (Phi) is 5.77. The molecule has 1 aliphatic rings. The van der Waals surface area contributed by atoms with Crippen molar-refractivity contribution in [2.24, 2.45) is 0 Å². The molecular weight excluding hydrogens is 454 g/mol. The number of nitrogens with zero attached hydrogens (tertiary/aromatic N) is 2. The van der Waals surface area contributed by atoms with Gasteiger partial charge in [0.2, 0.25) is 0 Å². The third kappa shape index (κ3) is 4.00. The van der Waals surface area contributed by atoms with Crippen molar-refractivity contribution in [3.63, 3.8) is 0 Å². The van der Waals surface area contributed by atoms with Crippen LogP contribution in [0.3, 0.4) is 0 Å². The van der Waals surface area contributed by atoms with Crippen LogP contribution in [0.5, 0.6) is 5.75 Å². The lowest BCUT2D eigenvalue weighted by molar-refractivity contribution is -0.113. The predicted octanol–water partition coefficient (Wildman–Crippen LogP) is 3.81. The monoisotopic (exact) mass is 471 g/mol. The number of carbonyl (C=O) groups is 1. The van der Waals surface area contributed by atoms with Crippen molar-refractivity contribution in [1.29, 1.82) is 0 Å². The van der Waals surface area contributed by atoms with E-state index in [1.165, 1.54) is 25.2 Å². The Morgan fingerprint density at radius 1 is 1.16 bits per heavy atom. The van der Waals surface area contributed by atoms with Gasteiger partial charge in [0.05, 0.1) is 15.6 Å². The number of ether oxygens (including phenoxy) is 1. The lowest BCUT2D eigenvalue weighted by atomic mass is 10.1. The number of aliphatic hydroxyl groups is 1. The highest BCUT2D eigenvalue weighted by Gasteiger charge is 2.37. The van der Waals surface area contributed by atoms with Gasteiger partial charge in [0.1, 0.15) is 12.4 Å². The number of anilines is 1. The molecule has 0 bridgehead atoms. The molecule has 0 fully saturated rings. The van der Waals surface area contributed by atoms with Gasteiger partial charge in [0, 0.05) is 24.5 Å². The second-order valence-electron chi connectivity index (χ2n) is 6.87. The Bertz CT molecular complexity index is 1330. The van der Waals surface area contributed by atoms with Gasteiger partial charge in [-0.25, -0.2) is 8.42 Å². The SMILES string of the molecule is CN1C(C(=O)Nc2ccc(OCc3ccccn3)c(Cl)c2)=C(O)c2ccccc2S1(=O)=O. The minimum absolute atomic E-state index is 0.0621. The zero-order valence-electron chi connectivity index (χ0n) is 16.8. The molecule has 10 heteroatoms. The number of fused-ring (bicyclic) bond motifs is 1. The van der Waals surface area contributed by atoms with Crippen LogP contribution < -0.4 is 10.1 Å². The fraction of sp³-hybridized carbons (Fsp3) is 0.0909. The molecule has 1 aromatic heterocycles. The number of carbonyl (C=O) groups excluding carboxylic acids is 1. The summed E-state index contributed by atoms with van der Waals surface area (Å²) in [7, 11) is -2.78. The van der Waals surface area contributed by atoms with Gasteiger partial charge in [-0.05, 0) is 42.5 Å². The van der Waals surface area contributed by atoms with Gasteiger partial charge >= 0.3 is 0 Å². The summed E-state index contributed by atoms with van der Waals surface area (Å²) in [6.45, 7) is 0.217. The molecule has 0 spiro atoms. The molecule has 3 aromatic rings. The van der Waals surface area contributed by atoms with Gasteiger partial charge in [-0.15, -0.1) is 0 Å². The van der Waals surface area contributed by atoms with Gasteiger partial charge in [-0.2, -0.15) is 0 Å². The number of hydrogen-bond acceptors (Lipinski definition) is 6. The molecule has 8 nitrogen and oxygen atoms in total. The number of benzene rings is 2. The molecule has 0 unspecified atom stereocenters. The minimum Gasteiger partial charge on any atom is -0.505 e. The first-order valence-corrected chi connectivity index (χ1v) is 11.3. The molecule has 2 heterocycles. The van der Waals surface area contributed by atoms with E-state index in [2.05, 4.69) is 10.3 Å². The first kappa shape index (κ1) is 21.7. The Labute approximate surface area is 189 Å². The van der Waals surface area contributed by atoms with E-state index in [-0.39, 0.29) is 22.1 Å². The molecule has 2 aromatic carbocycles. The molecule has 0 saturated heterocycles. The minimum atomic E-state index is -3.99. The summed E-state index contributed by atoms with van der Waals surface area (Å²) >= 11 is 6.27. The van der Waals surface area contributed by atoms with Crippen LogP contribution in [0.2, 0.25) is 5.02 Å². The average Bonchev–Trinajstić information content (AvgIpc) is 2.78. The standard InChI is InChI=1S/C22H18ClN3O5S/c1-26-20(21(27)16-7-2-3-8-19(16)32(26,29)30)22(28)25-14-9-10-18(17(23)12-14)31-13-15-6-4-5-11-24-15/h2-12,27H,13H2,1H3,(H,25,28). The van der Waals surface area contributed by atoms with E-state index in [9.17, 15) is 18.3 Å². The molecule has 0 saturated carbocycles. The maximum absolute atomic E-state index is 12.9. The van der Waals surface area contributed by atoms with Crippen LogP contribution >= 0.6 is 11.6 Å². The van der Waals surface area contributed by atoms with Crippen molar-refractivity contribution in [2.45, 2.75) is 11.5 Å². The van der Waals surface area contributed by atoms with Crippen molar-refractivity contribution < 1.29 is 23.1 Å². The highest BCUT2D eigenvalue weighted by Crippen LogP contribution is 2.35. The van der Waals surface area contributed by atoms with Gasteiger partial charge in [0.15, 0.2) is 11.5 Å². The number of likely N-dealkylation sites (N-methyl/N-ethyl adjacent to an activating group) is 1. The fourth-order valence-electron chi connectivity index (χ4n) is 3.20. The molecule has 4 rings (SSSR count). The Balaban J connectivity index is 1.56. The van der Waals surface area contributed by atoms with Crippen LogP contribution in [-0.2, 0) is 21.4 Å². The normalized spacial score (nSPS) is 14.6. The van der Waals surface area contributed by atoms with Crippen molar-refractivity contribution in [3.8, 4) is 5.75 Å². The summed E-state index contributed by atoms with van der Waals surface area (Å²) in [6.07, 6.45) is 1.66. The Morgan fingerprint density at radius 2 is 1.91 bits per heavy atom. The van der Waals surface area contributed by atoms with E-state index >= 15 is 0 Å². The van der Waals surface area contributed by atoms with Crippen LogP contribution in [0.25, 0.3) is 5.76 Å². The molecule has 0 atom stereocenters. The topological polar surface area (TPSA) is 109 Å². The average molecular weight is 472 g/mol. The summed E-state index contributed by atoms with van der Waals surface area (Å²) in [4.78, 5) is 17.0. The van der Waals surface area contributed by atoms with Gasteiger partial charge in [-0.1, -0.05) is 29.8 Å². The van der Waals surface area contributed by atoms with E-state index in [1.807, 2.05) is 12.1 Å². The summed E-state index contributed by atoms with van der Waals surface area (Å²) in [5, 5.41) is 13.4. The smallest absolute Gasteiger partial charge is 0.276 e. The van der Waals surface area contributed by atoms with Crippen molar-refractivity contribution >= 4 is 39.0 Å². The molecule has 164 valence electrons. The van der Waals surface area contributed by atoms with Gasteiger partial charge < -0.3 is 15.2 Å². The largest absolute Gasteiger partial charge is 0.505 e. The highest BCUT2D eigenvalue weighted by atomic mass is 35.5. The summed E-state index contributed by atoms with van der Waals surface area (Å²) in [5.41, 5.74) is 0.697. The highest BCUT2D eigenvalue weighted by molar-refractivity contribution is 7.89. The van der Waals surface area contributed by atoms with Gasteiger partial charge in [-0.3, -0.25) is 14.1 Å². The second kappa shape index (κ2) is 8.52. The molecule has 1 amide bonds. The Morgan fingerprint density at radius 3 is 2.62 bits per heavy atom. The first-order chi connectivity index (χ1) is 15.3. The van der Waals surface area contributed by atoms with E-state index in [0.717, 1.165) is 10.00 Å². The number of halogens is 1. The number of pyridine rings is 1. The zero-order valence-corrected chi connectivity index (χ0v) is 18.4. The van der Waals surface area contributed by atoms with Gasteiger partial charge in [0.25, 0.3) is 15.9 Å². The van der Waals surface area contributed by atoms with Crippen LogP contribution in [0.1, 0.15) is 11.3 Å². The summed E-state index contributed by atoms with van der Waals surface area (Å²) < 4.78 is 31.9. The van der Waals surface area contributed by atoms with Crippen LogP contribution in [-0.4, -0.2) is 35.8 Å². The molecule has 0 aliphatic carbocycles. The second-order valence-corrected chi connectivity index (χ2v) is 9.22. The van der Waals surface area contributed by atoms with E-state index < -0.39 is 27.4 Å². The quantitative estimate of drug-likeness (QED) is 0.585. The molecule has 0 radical (unpaired) electrons. The third-order valence-corrected chi connectivity index (χ3v) is 6.94. The number of aliphatic hydroxyl groups excluding tert-OH is 1. The van der Waals surface area contributed by atoms with Crippen molar-refractivity contribution in [3.05, 3.63) is 88.8 Å². The lowest BCUT2D eigenvalue weighted by Crippen LogP contribution is -2.37. The third-order valence-electron chi connectivity index (χ3n) is 4.83. The molecule has 1 aliphatic heterocycles. The van der Waals surface area contributed by atoms with Crippen LogP contribution in [0.15, 0.2) is 77.5 Å². The number of aromatic nitrogens is 1. The van der Waals surface area contributed by atoms with Crippen LogP contribution in [0, 0.1) is 0 Å². The Hall–Kier alpha value is -3.56. The predicted molar refractivity (Wildman–Crippen MR) is 120 cm³/mol. The lowest BCUT2D eigenvalue weighted by Gasteiger charge is -2.28.